The van der Waals surface area contributed by atoms with E-state index in [1.807, 2.05) is 66.7 Å². The van der Waals surface area contributed by atoms with Crippen LogP contribution in [0.2, 0.25) is 0 Å². The summed E-state index contributed by atoms with van der Waals surface area (Å²) in [6.07, 6.45) is 10.1. The van der Waals surface area contributed by atoms with Gasteiger partial charge in [0.2, 0.25) is 0 Å². The Bertz CT molecular complexity index is 3350. The van der Waals surface area contributed by atoms with Crippen LogP contribution in [0.3, 0.4) is 0 Å². The lowest BCUT2D eigenvalue weighted by atomic mass is 9.91. The Morgan fingerprint density at radius 1 is 0.550 bits per heavy atom. The lowest BCUT2D eigenvalue weighted by molar-refractivity contribution is 0.535. The first-order valence-electron chi connectivity index (χ1n) is 19.5. The van der Waals surface area contributed by atoms with Gasteiger partial charge >= 0.3 is 0 Å². The van der Waals surface area contributed by atoms with Gasteiger partial charge in [0.1, 0.15) is 29.1 Å². The molecule has 7 nitrogen and oxygen atoms in total. The molecule has 5 aromatic heterocycles. The molecule has 0 N–H and O–H groups in total. The zero-order chi connectivity index (χ0) is 40.5. The van der Waals surface area contributed by atoms with Crippen LogP contribution < -0.4 is 0 Å². The molecule has 9 aromatic rings. The Balaban J connectivity index is 1.00. The highest BCUT2D eigenvalue weighted by Crippen LogP contribution is 2.41. The minimum absolute atomic E-state index is 0.0191. The fraction of sp³-hybridized carbons (Fsp3) is 0.0816. The second kappa shape index (κ2) is 14.1. The average molecular weight is 792 g/mol. The normalized spacial score (nSPS) is 15.3. The summed E-state index contributed by atoms with van der Waals surface area (Å²) < 4.78 is 65.1. The molecule has 60 heavy (non-hydrogen) atoms. The highest BCUT2D eigenvalue weighted by molar-refractivity contribution is 6.04. The molecule has 0 fully saturated rings. The van der Waals surface area contributed by atoms with Gasteiger partial charge < -0.3 is 0 Å². The molecule has 0 aliphatic heterocycles. The number of nitrogens with zero attached hydrogens (tertiary/aromatic N) is 7. The molecule has 11 heteroatoms. The molecule has 0 amide bonds. The first-order valence-corrected chi connectivity index (χ1v) is 19.5. The first-order chi connectivity index (χ1) is 29.3. The molecule has 0 saturated heterocycles. The maximum atomic E-state index is 16.3. The highest BCUT2D eigenvalue weighted by atomic mass is 19.1. The molecule has 1 atom stereocenters. The number of halogens is 4. The molecular weight excluding hydrogens is 763 g/mol. The molecule has 0 bridgehead atoms. The van der Waals surface area contributed by atoms with E-state index in [9.17, 15) is 0 Å². The smallest absolute Gasteiger partial charge is 0.163 e. The van der Waals surface area contributed by atoms with Crippen molar-refractivity contribution < 1.29 is 17.6 Å². The number of fused-ring (bicyclic) bond motifs is 7. The first kappa shape index (κ1) is 35.6. The summed E-state index contributed by atoms with van der Waals surface area (Å²) in [5.74, 6) is -4.14. The second-order valence-electron chi connectivity index (χ2n) is 14.9. The van der Waals surface area contributed by atoms with Crippen molar-refractivity contribution in [3.8, 4) is 34.0 Å². The number of benzene rings is 4. The maximum absolute atomic E-state index is 16.3. The largest absolute Gasteiger partial charge is 0.254 e. The van der Waals surface area contributed by atoms with E-state index in [1.54, 1.807) is 36.7 Å². The molecule has 5 heterocycles. The third-order valence-electron chi connectivity index (χ3n) is 11.2. The summed E-state index contributed by atoms with van der Waals surface area (Å²) in [6, 6.07) is 29.8. The van der Waals surface area contributed by atoms with Crippen LogP contribution in [-0.2, 0) is 6.42 Å². The zero-order valence-electron chi connectivity index (χ0n) is 31.5. The van der Waals surface area contributed by atoms with Crippen LogP contribution in [0.5, 0.6) is 0 Å². The minimum Gasteiger partial charge on any atom is -0.254 e. The van der Waals surface area contributed by atoms with Gasteiger partial charge in [0.25, 0.3) is 0 Å². The van der Waals surface area contributed by atoms with Gasteiger partial charge in [-0.3, -0.25) is 9.97 Å². The maximum Gasteiger partial charge on any atom is 0.163 e. The summed E-state index contributed by atoms with van der Waals surface area (Å²) in [4.78, 5) is 32.3. The predicted molar refractivity (Wildman–Crippen MR) is 226 cm³/mol. The van der Waals surface area contributed by atoms with Crippen LogP contribution in [0.4, 0.5) is 17.6 Å². The van der Waals surface area contributed by atoms with Crippen LogP contribution in [0.15, 0.2) is 139 Å². The van der Waals surface area contributed by atoms with Crippen molar-refractivity contribution in [3.05, 3.63) is 174 Å². The van der Waals surface area contributed by atoms with E-state index < -0.39 is 29.2 Å². The van der Waals surface area contributed by atoms with Gasteiger partial charge in [0.05, 0.1) is 44.6 Å². The number of hydrogen-bond acceptors (Lipinski definition) is 7. The fourth-order valence-corrected chi connectivity index (χ4v) is 8.23. The van der Waals surface area contributed by atoms with Crippen LogP contribution in [0, 0.1) is 11.6 Å². The van der Waals surface area contributed by atoms with Gasteiger partial charge in [-0.25, -0.2) is 42.5 Å². The Hall–Kier alpha value is -7.53. The van der Waals surface area contributed by atoms with Crippen LogP contribution in [-0.4, -0.2) is 34.9 Å². The third kappa shape index (κ3) is 6.09. The van der Waals surface area contributed by atoms with Gasteiger partial charge in [0.15, 0.2) is 11.6 Å². The number of allylic oxidation sites excluding steroid dienone is 5. The zero-order valence-corrected chi connectivity index (χ0v) is 31.5. The van der Waals surface area contributed by atoms with Crippen molar-refractivity contribution in [2.24, 2.45) is 0 Å². The summed E-state index contributed by atoms with van der Waals surface area (Å²) >= 11 is 0. The summed E-state index contributed by atoms with van der Waals surface area (Å²) in [5, 5.41) is 3.26. The molecule has 2 aliphatic rings. The molecule has 0 saturated carbocycles. The monoisotopic (exact) mass is 791 g/mol. The van der Waals surface area contributed by atoms with E-state index in [2.05, 4.69) is 37.1 Å². The van der Waals surface area contributed by atoms with Gasteiger partial charge in [-0.15, -0.1) is 0 Å². The lowest BCUT2D eigenvalue weighted by Crippen LogP contribution is -2.12. The van der Waals surface area contributed by atoms with Crippen molar-refractivity contribution in [2.45, 2.75) is 25.2 Å². The van der Waals surface area contributed by atoms with E-state index in [0.29, 0.717) is 27.6 Å². The Morgan fingerprint density at radius 3 is 1.82 bits per heavy atom. The van der Waals surface area contributed by atoms with E-state index in [1.165, 1.54) is 6.08 Å². The van der Waals surface area contributed by atoms with Crippen LogP contribution in [0.1, 0.15) is 41.4 Å². The molecule has 1 unspecified atom stereocenters. The predicted octanol–water partition coefficient (Wildman–Crippen LogP) is 12.0. The highest BCUT2D eigenvalue weighted by Gasteiger charge is 2.29. The van der Waals surface area contributed by atoms with E-state index in [4.69, 9.17) is 9.97 Å². The quantitative estimate of drug-likeness (QED) is 0.127. The van der Waals surface area contributed by atoms with Crippen LogP contribution in [0.25, 0.3) is 89.3 Å². The Labute approximate surface area is 339 Å². The van der Waals surface area contributed by atoms with Gasteiger partial charge in [-0.1, -0.05) is 72.8 Å². The third-order valence-corrected chi connectivity index (χ3v) is 11.2. The number of rotatable bonds is 5. The number of aromatic nitrogens is 7. The van der Waals surface area contributed by atoms with Crippen LogP contribution >= 0.6 is 0 Å². The minimum atomic E-state index is -0.975. The van der Waals surface area contributed by atoms with Crippen molar-refractivity contribution >= 4 is 55.3 Å². The topological polar surface area (TPSA) is 90.2 Å². The van der Waals surface area contributed by atoms with Gasteiger partial charge in [-0.2, -0.15) is 0 Å². The van der Waals surface area contributed by atoms with Crippen molar-refractivity contribution in [1.82, 2.24) is 34.9 Å². The number of aryl methyl sites for hydroxylation is 1. The number of pyridine rings is 4. The Morgan fingerprint density at radius 2 is 1.15 bits per heavy atom. The molecule has 4 aromatic carbocycles. The summed E-state index contributed by atoms with van der Waals surface area (Å²) in [6.45, 7) is 0. The lowest BCUT2D eigenvalue weighted by Gasteiger charge is -2.20. The molecule has 288 valence electrons. The molecule has 11 rings (SSSR count). The van der Waals surface area contributed by atoms with Crippen molar-refractivity contribution in [1.29, 1.82) is 0 Å². The number of hydrogen-bond donors (Lipinski definition) is 0. The summed E-state index contributed by atoms with van der Waals surface area (Å²) in [5.41, 5.74) is 4.71. The second-order valence-corrected chi connectivity index (χ2v) is 14.9. The average Bonchev–Trinajstić information content (AvgIpc) is 3.28. The van der Waals surface area contributed by atoms with Crippen molar-refractivity contribution in [2.75, 3.05) is 0 Å². The van der Waals surface area contributed by atoms with Gasteiger partial charge in [-0.05, 0) is 72.5 Å². The van der Waals surface area contributed by atoms with E-state index in [-0.39, 0.29) is 52.0 Å². The van der Waals surface area contributed by atoms with E-state index >= 15 is 17.6 Å². The van der Waals surface area contributed by atoms with E-state index in [0.717, 1.165) is 57.6 Å². The molecular formula is C49H29F4N7. The molecule has 0 spiro atoms. The molecule has 2 aliphatic carbocycles. The summed E-state index contributed by atoms with van der Waals surface area (Å²) in [7, 11) is 0. The van der Waals surface area contributed by atoms with Gasteiger partial charge in [0, 0.05) is 57.4 Å². The molecule has 0 radical (unpaired) electrons. The Kier molecular flexibility index (Phi) is 8.36. The van der Waals surface area contributed by atoms with Crippen molar-refractivity contribution in [3.63, 3.8) is 0 Å². The standard InChI is InChI=1S/C49H29F4N7/c50-35-22-33(23-36(51)41(35)39-17-15-29-12-10-27-7-3-19-54-43(27)45(29)56-39)48-58-47(32-14-9-26-5-1-2-6-31(26)21-32)59-49(60-48)34-24-37(52)42(38(53)25-34)40-18-16-30-13-11-28-8-4-20-55-44(28)46(30)57-40/h1,3-5,7-24,34H,2,6,25H2. The SMILES string of the molecule is FC1=CC(c2nc(-c3cc(F)c(-c4ccc5ccc6cccnc6c5n4)c(F)c3)nc(-c3ccc4c(c3)CCC=C4)n2)CC(F)=C1c1ccc2ccc3cccnc3c2n1. The fourth-order valence-electron chi connectivity index (χ4n) is 8.23.